The average molecular weight is 310 g/mol. The number of hydrogen-bond acceptors (Lipinski definition) is 2. The van der Waals surface area contributed by atoms with Gasteiger partial charge >= 0.3 is 0 Å². The third kappa shape index (κ3) is 4.19. The molecule has 2 aromatic rings. The normalized spacial score (nSPS) is 10.3. The number of anilines is 2. The van der Waals surface area contributed by atoms with Crippen molar-refractivity contribution in [2.24, 2.45) is 0 Å². The maximum Gasteiger partial charge on any atom is 0.228 e. The van der Waals surface area contributed by atoms with Gasteiger partial charge in [0.2, 0.25) is 11.8 Å². The molecule has 0 aliphatic rings. The number of benzene rings is 2. The molecule has 4 nitrogen and oxygen atoms in total. The zero-order valence-corrected chi connectivity index (χ0v) is 14.0. The average Bonchev–Trinajstić information content (AvgIpc) is 2.51. The summed E-state index contributed by atoms with van der Waals surface area (Å²) in [6, 6.07) is 13.4. The van der Waals surface area contributed by atoms with Crippen LogP contribution in [0, 0.1) is 13.8 Å². The number of aryl methyl sites for hydroxylation is 2. The van der Waals surface area contributed by atoms with Crippen LogP contribution in [-0.4, -0.2) is 18.9 Å². The third-order valence-corrected chi connectivity index (χ3v) is 3.91. The first kappa shape index (κ1) is 16.7. The van der Waals surface area contributed by atoms with Crippen molar-refractivity contribution in [3.8, 4) is 0 Å². The van der Waals surface area contributed by atoms with Crippen molar-refractivity contribution < 1.29 is 9.59 Å². The molecule has 4 heteroatoms. The number of nitrogens with zero attached hydrogens (tertiary/aromatic N) is 1. The number of hydrogen-bond donors (Lipinski definition) is 1. The van der Waals surface area contributed by atoms with Gasteiger partial charge in [-0.2, -0.15) is 0 Å². The maximum absolute atomic E-state index is 12.2. The Balaban J connectivity index is 2.05. The molecular formula is C19H22N2O2. The summed E-state index contributed by atoms with van der Waals surface area (Å²) in [7, 11) is 1.73. The molecule has 0 spiro atoms. The second-order valence-corrected chi connectivity index (χ2v) is 5.74. The van der Waals surface area contributed by atoms with Gasteiger partial charge in [-0.1, -0.05) is 30.3 Å². The Labute approximate surface area is 137 Å². The molecule has 0 bridgehead atoms. The predicted molar refractivity (Wildman–Crippen MR) is 93.8 cm³/mol. The zero-order chi connectivity index (χ0) is 17.0. The van der Waals surface area contributed by atoms with Crippen molar-refractivity contribution in [3.63, 3.8) is 0 Å². The standard InChI is InChI=1S/C19H22N2O2/c1-13-6-5-7-14(2)19(13)20-18(23)12-16-8-10-17(11-9-16)21(4)15(3)22/h5-11H,12H2,1-4H3,(H,20,23). The molecule has 2 rings (SSSR count). The summed E-state index contributed by atoms with van der Waals surface area (Å²) in [5, 5.41) is 2.98. The SMILES string of the molecule is CC(=O)N(C)c1ccc(CC(=O)Nc2c(C)cccc2C)cc1. The predicted octanol–water partition coefficient (Wildman–Crippen LogP) is 3.47. The minimum Gasteiger partial charge on any atom is -0.325 e. The lowest BCUT2D eigenvalue weighted by Gasteiger charge is -2.15. The Kier molecular flexibility index (Phi) is 5.16. The van der Waals surface area contributed by atoms with Gasteiger partial charge in [0.15, 0.2) is 0 Å². The fourth-order valence-electron chi connectivity index (χ4n) is 2.40. The number of rotatable bonds is 4. The van der Waals surface area contributed by atoms with Gasteiger partial charge in [-0.05, 0) is 42.7 Å². The van der Waals surface area contributed by atoms with E-state index in [0.29, 0.717) is 6.42 Å². The smallest absolute Gasteiger partial charge is 0.228 e. The van der Waals surface area contributed by atoms with Crippen LogP contribution in [0.15, 0.2) is 42.5 Å². The van der Waals surface area contributed by atoms with Gasteiger partial charge in [-0.3, -0.25) is 9.59 Å². The molecule has 0 atom stereocenters. The fraction of sp³-hybridized carbons (Fsp3) is 0.263. The van der Waals surface area contributed by atoms with Gasteiger partial charge in [0, 0.05) is 25.3 Å². The number of carbonyl (C=O) groups excluding carboxylic acids is 2. The molecule has 2 aromatic carbocycles. The molecular weight excluding hydrogens is 288 g/mol. The maximum atomic E-state index is 12.2. The minimum absolute atomic E-state index is 0.0227. The van der Waals surface area contributed by atoms with Crippen LogP contribution in [0.1, 0.15) is 23.6 Å². The van der Waals surface area contributed by atoms with Crippen molar-refractivity contribution in [1.82, 2.24) is 0 Å². The second-order valence-electron chi connectivity index (χ2n) is 5.74. The lowest BCUT2D eigenvalue weighted by Crippen LogP contribution is -2.22. The van der Waals surface area contributed by atoms with Crippen LogP contribution in [0.4, 0.5) is 11.4 Å². The quantitative estimate of drug-likeness (QED) is 0.940. The molecule has 0 aliphatic heterocycles. The topological polar surface area (TPSA) is 49.4 Å². The molecule has 0 aliphatic carbocycles. The summed E-state index contributed by atoms with van der Waals surface area (Å²) >= 11 is 0. The van der Waals surface area contributed by atoms with E-state index < -0.39 is 0 Å². The van der Waals surface area contributed by atoms with Gasteiger partial charge in [0.05, 0.1) is 6.42 Å². The van der Waals surface area contributed by atoms with E-state index in [1.54, 1.807) is 11.9 Å². The molecule has 0 saturated heterocycles. The first-order valence-electron chi connectivity index (χ1n) is 7.58. The molecule has 0 saturated carbocycles. The summed E-state index contributed by atoms with van der Waals surface area (Å²) in [5.74, 6) is -0.0689. The van der Waals surface area contributed by atoms with E-state index in [1.807, 2.05) is 56.3 Å². The molecule has 1 N–H and O–H groups in total. The fourth-order valence-corrected chi connectivity index (χ4v) is 2.40. The van der Waals surface area contributed by atoms with Crippen molar-refractivity contribution in [2.45, 2.75) is 27.2 Å². The highest BCUT2D eigenvalue weighted by Gasteiger charge is 2.09. The summed E-state index contributed by atoms with van der Waals surface area (Å²) in [5.41, 5.74) is 4.71. The highest BCUT2D eigenvalue weighted by Crippen LogP contribution is 2.20. The van der Waals surface area contributed by atoms with Crippen molar-refractivity contribution in [1.29, 1.82) is 0 Å². The molecule has 23 heavy (non-hydrogen) atoms. The van der Waals surface area contributed by atoms with Crippen molar-refractivity contribution in [3.05, 3.63) is 59.2 Å². The second kappa shape index (κ2) is 7.09. The van der Waals surface area contributed by atoms with Gasteiger partial charge in [-0.25, -0.2) is 0 Å². The molecule has 0 heterocycles. The Morgan fingerprint density at radius 2 is 1.57 bits per heavy atom. The van der Waals surface area contributed by atoms with Gasteiger partial charge < -0.3 is 10.2 Å². The molecule has 2 amide bonds. The zero-order valence-electron chi connectivity index (χ0n) is 14.0. The van der Waals surface area contributed by atoms with Crippen LogP contribution in [0.25, 0.3) is 0 Å². The van der Waals surface area contributed by atoms with E-state index in [4.69, 9.17) is 0 Å². The van der Waals surface area contributed by atoms with Crippen molar-refractivity contribution in [2.75, 3.05) is 17.3 Å². The third-order valence-electron chi connectivity index (χ3n) is 3.91. The van der Waals surface area contributed by atoms with Crippen LogP contribution < -0.4 is 10.2 Å². The van der Waals surface area contributed by atoms with E-state index in [0.717, 1.165) is 28.1 Å². The Bertz CT molecular complexity index is 700. The monoisotopic (exact) mass is 310 g/mol. The Morgan fingerprint density at radius 1 is 1.00 bits per heavy atom. The van der Waals surface area contributed by atoms with Crippen LogP contribution in [0.3, 0.4) is 0 Å². The number of amides is 2. The van der Waals surface area contributed by atoms with E-state index in [2.05, 4.69) is 5.32 Å². The van der Waals surface area contributed by atoms with Crippen molar-refractivity contribution >= 4 is 23.2 Å². The molecule has 0 unspecified atom stereocenters. The van der Waals surface area contributed by atoms with E-state index >= 15 is 0 Å². The summed E-state index contributed by atoms with van der Waals surface area (Å²) in [6.07, 6.45) is 0.303. The first-order valence-corrected chi connectivity index (χ1v) is 7.58. The molecule has 120 valence electrons. The first-order chi connectivity index (χ1) is 10.9. The Hall–Kier alpha value is -2.62. The lowest BCUT2D eigenvalue weighted by atomic mass is 10.1. The van der Waals surface area contributed by atoms with Gasteiger partial charge in [0.1, 0.15) is 0 Å². The summed E-state index contributed by atoms with van der Waals surface area (Å²) < 4.78 is 0. The van der Waals surface area contributed by atoms with Crippen LogP contribution in [0.5, 0.6) is 0 Å². The summed E-state index contributed by atoms with van der Waals surface area (Å²) in [4.78, 5) is 25.1. The van der Waals surface area contributed by atoms with E-state index in [-0.39, 0.29) is 11.8 Å². The van der Waals surface area contributed by atoms with Crippen LogP contribution >= 0.6 is 0 Å². The lowest BCUT2D eigenvalue weighted by molar-refractivity contribution is -0.116. The highest BCUT2D eigenvalue weighted by molar-refractivity contribution is 5.94. The molecule has 0 radical (unpaired) electrons. The minimum atomic E-state index is -0.0462. The van der Waals surface area contributed by atoms with Gasteiger partial charge in [-0.15, -0.1) is 0 Å². The van der Waals surface area contributed by atoms with Gasteiger partial charge in [0.25, 0.3) is 0 Å². The van der Waals surface area contributed by atoms with Crippen LogP contribution in [-0.2, 0) is 16.0 Å². The highest BCUT2D eigenvalue weighted by atomic mass is 16.2. The van der Waals surface area contributed by atoms with Crippen LogP contribution in [0.2, 0.25) is 0 Å². The number of para-hydroxylation sites is 1. The molecule has 0 fully saturated rings. The summed E-state index contributed by atoms with van der Waals surface area (Å²) in [6.45, 7) is 5.48. The molecule has 0 aromatic heterocycles. The number of carbonyl (C=O) groups is 2. The van der Waals surface area contributed by atoms with E-state index in [1.165, 1.54) is 6.92 Å². The van der Waals surface area contributed by atoms with E-state index in [9.17, 15) is 9.59 Å². The largest absolute Gasteiger partial charge is 0.325 e. The Morgan fingerprint density at radius 3 is 2.09 bits per heavy atom. The number of nitrogens with one attached hydrogen (secondary N) is 1.